The highest BCUT2D eigenvalue weighted by Gasteiger charge is 2.17. The number of aromatic nitrogens is 2. The fourth-order valence-corrected chi connectivity index (χ4v) is 2.46. The van der Waals surface area contributed by atoms with E-state index in [0.717, 1.165) is 45.8 Å². The van der Waals surface area contributed by atoms with E-state index in [2.05, 4.69) is 25.3 Å². The van der Waals surface area contributed by atoms with Crippen LogP contribution in [0.15, 0.2) is 6.20 Å². The zero-order valence-electron chi connectivity index (χ0n) is 9.58. The van der Waals surface area contributed by atoms with E-state index in [1.165, 1.54) is 17.8 Å². The molecular weight excluding hydrogens is 202 g/mol. The number of hydrogen-bond acceptors (Lipinski definition) is 4. The first-order valence-corrected chi connectivity index (χ1v) is 6.15. The van der Waals surface area contributed by atoms with Crippen molar-refractivity contribution in [1.82, 2.24) is 20.0 Å². The molecule has 0 spiro atoms. The van der Waals surface area contributed by atoms with Gasteiger partial charge in [-0.25, -0.2) is 4.68 Å². The van der Waals surface area contributed by atoms with Gasteiger partial charge in [0.2, 0.25) is 0 Å². The van der Waals surface area contributed by atoms with Crippen LogP contribution in [0, 0.1) is 0 Å². The SMILES string of the molecule is c1nn2c(c1CN1CCNCC1)NCCC2. The van der Waals surface area contributed by atoms with Crippen molar-refractivity contribution in [2.45, 2.75) is 19.5 Å². The van der Waals surface area contributed by atoms with E-state index in [1.807, 2.05) is 6.20 Å². The van der Waals surface area contributed by atoms with E-state index in [4.69, 9.17) is 0 Å². The predicted molar refractivity (Wildman–Crippen MR) is 63.5 cm³/mol. The number of aryl methyl sites for hydroxylation is 1. The molecule has 3 rings (SSSR count). The minimum Gasteiger partial charge on any atom is -0.370 e. The van der Waals surface area contributed by atoms with Crippen LogP contribution in [0.3, 0.4) is 0 Å². The van der Waals surface area contributed by atoms with Gasteiger partial charge in [-0.1, -0.05) is 0 Å². The summed E-state index contributed by atoms with van der Waals surface area (Å²) in [5.41, 5.74) is 1.35. The van der Waals surface area contributed by atoms with Gasteiger partial charge in [-0.05, 0) is 6.42 Å². The quantitative estimate of drug-likeness (QED) is 0.744. The van der Waals surface area contributed by atoms with Crippen LogP contribution in [0.5, 0.6) is 0 Å². The van der Waals surface area contributed by atoms with Gasteiger partial charge in [0.05, 0.1) is 6.20 Å². The third-order valence-corrected chi connectivity index (χ3v) is 3.36. The molecule has 0 amide bonds. The summed E-state index contributed by atoms with van der Waals surface area (Å²) in [4.78, 5) is 2.49. The summed E-state index contributed by atoms with van der Waals surface area (Å²) in [6.07, 6.45) is 3.21. The molecule has 2 aliphatic rings. The van der Waals surface area contributed by atoms with Crippen molar-refractivity contribution in [3.05, 3.63) is 11.8 Å². The van der Waals surface area contributed by atoms with Crippen LogP contribution >= 0.6 is 0 Å². The number of piperazine rings is 1. The Kier molecular flexibility index (Phi) is 2.80. The molecule has 1 aromatic heterocycles. The fraction of sp³-hybridized carbons (Fsp3) is 0.727. The molecule has 0 radical (unpaired) electrons. The Hall–Kier alpha value is -1.07. The normalized spacial score (nSPS) is 21.5. The van der Waals surface area contributed by atoms with Crippen molar-refractivity contribution in [3.63, 3.8) is 0 Å². The molecule has 1 saturated heterocycles. The average Bonchev–Trinajstić information content (AvgIpc) is 2.74. The number of fused-ring (bicyclic) bond motifs is 1. The summed E-state index contributed by atoms with van der Waals surface area (Å²) in [5, 5.41) is 11.3. The van der Waals surface area contributed by atoms with Crippen LogP contribution in [0.2, 0.25) is 0 Å². The smallest absolute Gasteiger partial charge is 0.128 e. The Morgan fingerprint density at radius 3 is 2.94 bits per heavy atom. The second-order valence-corrected chi connectivity index (χ2v) is 4.55. The molecule has 0 atom stereocenters. The summed E-state index contributed by atoms with van der Waals surface area (Å²) in [6.45, 7) is 7.68. The van der Waals surface area contributed by atoms with E-state index in [-0.39, 0.29) is 0 Å². The maximum absolute atomic E-state index is 4.43. The Bertz CT molecular complexity index is 353. The molecule has 0 aliphatic carbocycles. The molecule has 88 valence electrons. The molecule has 0 unspecified atom stereocenters. The molecule has 5 heteroatoms. The Labute approximate surface area is 95.8 Å². The highest BCUT2D eigenvalue weighted by Crippen LogP contribution is 2.20. The van der Waals surface area contributed by atoms with Crippen molar-refractivity contribution >= 4 is 5.82 Å². The lowest BCUT2D eigenvalue weighted by Crippen LogP contribution is -2.43. The van der Waals surface area contributed by atoms with Gasteiger partial charge in [0.25, 0.3) is 0 Å². The van der Waals surface area contributed by atoms with E-state index in [1.54, 1.807) is 0 Å². The first-order chi connectivity index (χ1) is 7.93. The van der Waals surface area contributed by atoms with Crippen molar-refractivity contribution < 1.29 is 0 Å². The zero-order chi connectivity index (χ0) is 10.8. The summed E-state index contributed by atoms with van der Waals surface area (Å²) < 4.78 is 2.10. The van der Waals surface area contributed by atoms with Crippen LogP contribution in [-0.2, 0) is 13.1 Å². The lowest BCUT2D eigenvalue weighted by Gasteiger charge is -2.27. The van der Waals surface area contributed by atoms with E-state index < -0.39 is 0 Å². The predicted octanol–water partition coefficient (Wildman–Crippen LogP) is 0.104. The second kappa shape index (κ2) is 4.43. The molecule has 2 N–H and O–H groups in total. The Balaban J connectivity index is 1.71. The van der Waals surface area contributed by atoms with Crippen molar-refractivity contribution in [2.24, 2.45) is 0 Å². The monoisotopic (exact) mass is 221 g/mol. The molecule has 16 heavy (non-hydrogen) atoms. The summed E-state index contributed by atoms with van der Waals surface area (Å²) >= 11 is 0. The Morgan fingerprint density at radius 2 is 2.06 bits per heavy atom. The van der Waals surface area contributed by atoms with Gasteiger partial charge in [0.15, 0.2) is 0 Å². The maximum Gasteiger partial charge on any atom is 0.128 e. The number of anilines is 1. The molecule has 3 heterocycles. The number of nitrogens with zero attached hydrogens (tertiary/aromatic N) is 3. The molecular formula is C11H19N5. The first-order valence-electron chi connectivity index (χ1n) is 6.15. The second-order valence-electron chi connectivity index (χ2n) is 4.55. The minimum atomic E-state index is 1.03. The molecule has 0 saturated carbocycles. The van der Waals surface area contributed by atoms with E-state index in [0.29, 0.717) is 0 Å². The number of rotatable bonds is 2. The van der Waals surface area contributed by atoms with Gasteiger partial charge in [-0.2, -0.15) is 5.10 Å². The lowest BCUT2D eigenvalue weighted by molar-refractivity contribution is 0.233. The molecule has 1 aromatic rings. The topological polar surface area (TPSA) is 45.1 Å². The average molecular weight is 221 g/mol. The van der Waals surface area contributed by atoms with Gasteiger partial charge in [0, 0.05) is 51.4 Å². The van der Waals surface area contributed by atoms with E-state index >= 15 is 0 Å². The first kappa shape index (κ1) is 10.1. The van der Waals surface area contributed by atoms with Crippen molar-refractivity contribution in [3.8, 4) is 0 Å². The molecule has 0 aromatic carbocycles. The summed E-state index contributed by atoms with van der Waals surface area (Å²) in [7, 11) is 0. The van der Waals surface area contributed by atoms with Crippen LogP contribution in [0.4, 0.5) is 5.82 Å². The van der Waals surface area contributed by atoms with Crippen LogP contribution in [0.25, 0.3) is 0 Å². The minimum absolute atomic E-state index is 1.03. The van der Waals surface area contributed by atoms with Crippen molar-refractivity contribution in [2.75, 3.05) is 38.0 Å². The van der Waals surface area contributed by atoms with Crippen molar-refractivity contribution in [1.29, 1.82) is 0 Å². The Morgan fingerprint density at radius 1 is 1.19 bits per heavy atom. The lowest BCUT2D eigenvalue weighted by atomic mass is 10.2. The molecule has 1 fully saturated rings. The molecule has 5 nitrogen and oxygen atoms in total. The van der Waals surface area contributed by atoms with Crippen LogP contribution in [-0.4, -0.2) is 47.4 Å². The zero-order valence-corrected chi connectivity index (χ0v) is 9.58. The maximum atomic E-state index is 4.43. The molecule has 0 bridgehead atoms. The van der Waals surface area contributed by atoms with E-state index in [9.17, 15) is 0 Å². The third-order valence-electron chi connectivity index (χ3n) is 3.36. The van der Waals surface area contributed by atoms with Gasteiger partial charge in [0.1, 0.15) is 5.82 Å². The molecule has 2 aliphatic heterocycles. The third kappa shape index (κ3) is 1.92. The summed E-state index contributed by atoms with van der Waals surface area (Å²) in [5.74, 6) is 1.24. The highest BCUT2D eigenvalue weighted by molar-refractivity contribution is 5.44. The van der Waals surface area contributed by atoms with Crippen LogP contribution in [0.1, 0.15) is 12.0 Å². The number of nitrogens with one attached hydrogen (secondary N) is 2. The number of hydrogen-bond donors (Lipinski definition) is 2. The van der Waals surface area contributed by atoms with Gasteiger partial charge >= 0.3 is 0 Å². The fourth-order valence-electron chi connectivity index (χ4n) is 2.46. The standard InChI is InChI=1S/C11H19N5/c1-2-13-11-10(8-14-16(11)5-1)9-15-6-3-12-4-7-15/h8,12-13H,1-7,9H2. The summed E-state index contributed by atoms with van der Waals surface area (Å²) in [6, 6.07) is 0. The largest absolute Gasteiger partial charge is 0.370 e. The highest BCUT2D eigenvalue weighted by atomic mass is 15.3. The van der Waals surface area contributed by atoms with Crippen LogP contribution < -0.4 is 10.6 Å². The van der Waals surface area contributed by atoms with Gasteiger partial charge in [-0.15, -0.1) is 0 Å². The van der Waals surface area contributed by atoms with Gasteiger partial charge < -0.3 is 10.6 Å². The van der Waals surface area contributed by atoms with Gasteiger partial charge in [-0.3, -0.25) is 4.90 Å².